The molecule has 0 aromatic heterocycles. The average molecular weight is 207 g/mol. The Kier molecular flexibility index (Phi) is 3.75. The maximum atomic E-state index is 6.15. The summed E-state index contributed by atoms with van der Waals surface area (Å²) in [6, 6.07) is 4.24. The van der Waals surface area contributed by atoms with E-state index in [4.69, 9.17) is 10.5 Å². The minimum atomic E-state index is 0.0410. The summed E-state index contributed by atoms with van der Waals surface area (Å²) in [6.45, 7) is 8.44. The highest BCUT2D eigenvalue weighted by molar-refractivity contribution is 5.43. The van der Waals surface area contributed by atoms with Crippen molar-refractivity contribution in [1.29, 1.82) is 0 Å². The van der Waals surface area contributed by atoms with Crippen molar-refractivity contribution in [3.63, 3.8) is 0 Å². The summed E-state index contributed by atoms with van der Waals surface area (Å²) in [7, 11) is 1.70. The van der Waals surface area contributed by atoms with Crippen LogP contribution in [-0.2, 0) is 0 Å². The second-order valence-electron chi connectivity index (χ2n) is 4.45. The van der Waals surface area contributed by atoms with Crippen LogP contribution in [0.15, 0.2) is 12.1 Å². The molecule has 0 heterocycles. The Balaban J connectivity index is 3.21. The fraction of sp³-hybridized carbons (Fsp3) is 0.538. The van der Waals surface area contributed by atoms with Gasteiger partial charge in [0.1, 0.15) is 5.75 Å². The topological polar surface area (TPSA) is 35.2 Å². The summed E-state index contributed by atoms with van der Waals surface area (Å²) < 4.78 is 5.37. The molecule has 0 amide bonds. The molecule has 1 aromatic carbocycles. The van der Waals surface area contributed by atoms with Gasteiger partial charge in [0, 0.05) is 11.6 Å². The molecule has 1 aromatic rings. The molecule has 0 fully saturated rings. The van der Waals surface area contributed by atoms with Crippen LogP contribution in [0.5, 0.6) is 5.75 Å². The van der Waals surface area contributed by atoms with E-state index in [1.54, 1.807) is 7.11 Å². The molecule has 0 spiro atoms. The van der Waals surface area contributed by atoms with Crippen LogP contribution in [0.4, 0.5) is 0 Å². The van der Waals surface area contributed by atoms with Crippen LogP contribution in [0.1, 0.15) is 36.6 Å². The van der Waals surface area contributed by atoms with Crippen molar-refractivity contribution in [3.05, 3.63) is 28.8 Å². The lowest BCUT2D eigenvalue weighted by Gasteiger charge is -2.20. The number of hydrogen-bond acceptors (Lipinski definition) is 2. The van der Waals surface area contributed by atoms with Gasteiger partial charge in [0.2, 0.25) is 0 Å². The molecule has 0 radical (unpaired) electrons. The van der Waals surface area contributed by atoms with Crippen molar-refractivity contribution in [3.8, 4) is 5.75 Å². The van der Waals surface area contributed by atoms with Gasteiger partial charge in [0.25, 0.3) is 0 Å². The largest absolute Gasteiger partial charge is 0.496 e. The summed E-state index contributed by atoms with van der Waals surface area (Å²) in [6.07, 6.45) is 0. The molecule has 0 aliphatic carbocycles. The van der Waals surface area contributed by atoms with Crippen molar-refractivity contribution in [2.45, 2.75) is 33.7 Å². The minimum absolute atomic E-state index is 0.0410. The van der Waals surface area contributed by atoms with Crippen LogP contribution >= 0.6 is 0 Å². The summed E-state index contributed by atoms with van der Waals surface area (Å²) >= 11 is 0. The van der Waals surface area contributed by atoms with E-state index < -0.39 is 0 Å². The fourth-order valence-electron chi connectivity index (χ4n) is 1.61. The predicted octanol–water partition coefficient (Wildman–Crippen LogP) is 2.97. The minimum Gasteiger partial charge on any atom is -0.496 e. The molecule has 15 heavy (non-hydrogen) atoms. The van der Waals surface area contributed by atoms with Crippen LogP contribution in [0.3, 0.4) is 0 Å². The van der Waals surface area contributed by atoms with Gasteiger partial charge in [-0.15, -0.1) is 0 Å². The van der Waals surface area contributed by atoms with Crippen LogP contribution in [0.2, 0.25) is 0 Å². The summed E-state index contributed by atoms with van der Waals surface area (Å²) in [5.41, 5.74) is 9.77. The van der Waals surface area contributed by atoms with E-state index in [-0.39, 0.29) is 6.04 Å². The van der Waals surface area contributed by atoms with Crippen LogP contribution in [-0.4, -0.2) is 7.11 Å². The summed E-state index contributed by atoms with van der Waals surface area (Å²) in [4.78, 5) is 0. The number of methoxy groups -OCH3 is 1. The smallest absolute Gasteiger partial charge is 0.123 e. The molecule has 0 bridgehead atoms. The van der Waals surface area contributed by atoms with Gasteiger partial charge in [-0.25, -0.2) is 0 Å². The lowest BCUT2D eigenvalue weighted by Crippen LogP contribution is -2.18. The number of benzene rings is 1. The zero-order valence-corrected chi connectivity index (χ0v) is 10.3. The molecule has 0 saturated heterocycles. The zero-order valence-electron chi connectivity index (χ0n) is 10.3. The predicted molar refractivity (Wildman–Crippen MR) is 64.2 cm³/mol. The van der Waals surface area contributed by atoms with Crippen molar-refractivity contribution in [2.24, 2.45) is 11.7 Å². The maximum absolute atomic E-state index is 6.15. The lowest BCUT2D eigenvalue weighted by atomic mass is 9.93. The van der Waals surface area contributed by atoms with Crippen LogP contribution < -0.4 is 10.5 Å². The third-order valence-electron chi connectivity index (χ3n) is 2.92. The van der Waals surface area contributed by atoms with E-state index in [0.717, 1.165) is 11.3 Å². The zero-order chi connectivity index (χ0) is 11.6. The van der Waals surface area contributed by atoms with Crippen molar-refractivity contribution in [2.75, 3.05) is 7.11 Å². The Labute approximate surface area is 92.4 Å². The quantitative estimate of drug-likeness (QED) is 0.827. The molecule has 1 rings (SSSR count). The SMILES string of the molecule is COc1cc(C)c(C)cc1[C@H](N)C(C)C. The van der Waals surface area contributed by atoms with Crippen LogP contribution in [0, 0.1) is 19.8 Å². The molecule has 2 N–H and O–H groups in total. The third kappa shape index (κ3) is 2.51. The highest BCUT2D eigenvalue weighted by Gasteiger charge is 2.16. The lowest BCUT2D eigenvalue weighted by molar-refractivity contribution is 0.396. The standard InChI is InChI=1S/C13H21NO/c1-8(2)13(14)11-6-9(3)10(4)7-12(11)15-5/h6-8,13H,14H2,1-5H3/t13-/m1/s1. The van der Waals surface area contributed by atoms with Crippen molar-refractivity contribution in [1.82, 2.24) is 0 Å². The molecule has 2 heteroatoms. The Hall–Kier alpha value is -1.02. The molecule has 1 atom stereocenters. The first-order valence-corrected chi connectivity index (χ1v) is 5.38. The fourth-order valence-corrected chi connectivity index (χ4v) is 1.61. The Morgan fingerprint density at radius 2 is 1.67 bits per heavy atom. The molecule has 84 valence electrons. The van der Waals surface area contributed by atoms with Crippen molar-refractivity contribution >= 4 is 0 Å². The molecule has 0 saturated carbocycles. The van der Waals surface area contributed by atoms with E-state index in [1.165, 1.54) is 11.1 Å². The van der Waals surface area contributed by atoms with E-state index in [1.807, 2.05) is 0 Å². The Bertz CT molecular complexity index is 345. The van der Waals surface area contributed by atoms with Crippen LogP contribution in [0.25, 0.3) is 0 Å². The van der Waals surface area contributed by atoms with Gasteiger partial charge in [0.05, 0.1) is 7.11 Å². The van der Waals surface area contributed by atoms with E-state index in [9.17, 15) is 0 Å². The van der Waals surface area contributed by atoms with Gasteiger partial charge in [-0.3, -0.25) is 0 Å². The number of nitrogens with two attached hydrogens (primary N) is 1. The molecular weight excluding hydrogens is 186 g/mol. The monoisotopic (exact) mass is 207 g/mol. The first kappa shape index (κ1) is 12.1. The van der Waals surface area contributed by atoms with Gasteiger partial charge in [-0.05, 0) is 37.0 Å². The number of aryl methyl sites for hydroxylation is 2. The average Bonchev–Trinajstić information content (AvgIpc) is 2.20. The number of hydrogen-bond donors (Lipinski definition) is 1. The molecule has 0 aliphatic rings. The summed E-state index contributed by atoms with van der Waals surface area (Å²) in [5, 5.41) is 0. The molecule has 0 aliphatic heterocycles. The van der Waals surface area contributed by atoms with Gasteiger partial charge >= 0.3 is 0 Å². The van der Waals surface area contributed by atoms with Gasteiger partial charge < -0.3 is 10.5 Å². The number of ether oxygens (including phenoxy) is 1. The van der Waals surface area contributed by atoms with E-state index in [2.05, 4.69) is 39.8 Å². The molecule has 0 unspecified atom stereocenters. The highest BCUT2D eigenvalue weighted by Crippen LogP contribution is 2.30. The number of rotatable bonds is 3. The first-order chi connectivity index (χ1) is 6.97. The second-order valence-corrected chi connectivity index (χ2v) is 4.45. The Morgan fingerprint density at radius 1 is 1.13 bits per heavy atom. The molecular formula is C13H21NO. The third-order valence-corrected chi connectivity index (χ3v) is 2.92. The van der Waals surface area contributed by atoms with Crippen molar-refractivity contribution < 1.29 is 4.74 Å². The summed E-state index contributed by atoms with van der Waals surface area (Å²) in [5.74, 6) is 1.32. The normalized spacial score (nSPS) is 13.0. The van der Waals surface area contributed by atoms with Gasteiger partial charge in [0.15, 0.2) is 0 Å². The second kappa shape index (κ2) is 4.67. The van der Waals surface area contributed by atoms with E-state index in [0.29, 0.717) is 5.92 Å². The maximum Gasteiger partial charge on any atom is 0.123 e. The van der Waals surface area contributed by atoms with Gasteiger partial charge in [-0.2, -0.15) is 0 Å². The first-order valence-electron chi connectivity index (χ1n) is 5.38. The van der Waals surface area contributed by atoms with E-state index >= 15 is 0 Å². The molecule has 2 nitrogen and oxygen atoms in total. The van der Waals surface area contributed by atoms with Gasteiger partial charge in [-0.1, -0.05) is 19.9 Å². The Morgan fingerprint density at radius 3 is 2.13 bits per heavy atom. The highest BCUT2D eigenvalue weighted by atomic mass is 16.5.